The van der Waals surface area contributed by atoms with Crippen molar-refractivity contribution in [2.45, 2.75) is 20.8 Å². The van der Waals surface area contributed by atoms with Gasteiger partial charge in [0.05, 0.1) is 18.9 Å². The summed E-state index contributed by atoms with van der Waals surface area (Å²) in [4.78, 5) is 20.0. The second kappa shape index (κ2) is 10.0. The number of aryl methyl sites for hydroxylation is 1. The van der Waals surface area contributed by atoms with Crippen molar-refractivity contribution in [2.75, 3.05) is 18.1 Å². The Kier molecular flexibility index (Phi) is 6.94. The maximum Gasteiger partial charge on any atom is 0.282 e. The van der Waals surface area contributed by atoms with E-state index in [0.29, 0.717) is 36.2 Å². The van der Waals surface area contributed by atoms with Crippen molar-refractivity contribution in [2.24, 2.45) is 4.99 Å². The van der Waals surface area contributed by atoms with Crippen molar-refractivity contribution < 1.29 is 14.3 Å². The van der Waals surface area contributed by atoms with E-state index in [1.807, 2.05) is 87.5 Å². The van der Waals surface area contributed by atoms with E-state index < -0.39 is 0 Å². The second-order valence-corrected chi connectivity index (χ2v) is 8.38. The third kappa shape index (κ3) is 4.86. The zero-order valence-electron chi connectivity index (χ0n) is 18.8. The molecule has 3 aromatic rings. The number of rotatable bonds is 7. The molecule has 1 aliphatic heterocycles. The van der Waals surface area contributed by atoms with Gasteiger partial charge >= 0.3 is 0 Å². The molecule has 0 fully saturated rings. The number of carbonyl (C=O) groups is 1. The Morgan fingerprint density at radius 1 is 0.939 bits per heavy atom. The smallest absolute Gasteiger partial charge is 0.282 e. The SMILES string of the molecule is CCOc1ccc(C=C2N=C(c3ccccc3C)N(c3ccc(Br)cc3)C2=O)cc1OCC. The lowest BCUT2D eigenvalue weighted by atomic mass is 10.1. The molecule has 0 radical (unpaired) electrons. The Bertz CT molecular complexity index is 1230. The number of nitrogens with zero attached hydrogens (tertiary/aromatic N) is 2. The van der Waals surface area contributed by atoms with Crippen LogP contribution in [0.2, 0.25) is 0 Å². The predicted molar refractivity (Wildman–Crippen MR) is 136 cm³/mol. The Morgan fingerprint density at radius 3 is 2.33 bits per heavy atom. The van der Waals surface area contributed by atoms with E-state index in [1.165, 1.54) is 0 Å². The molecule has 0 N–H and O–H groups in total. The van der Waals surface area contributed by atoms with Crippen molar-refractivity contribution in [3.63, 3.8) is 0 Å². The molecule has 4 rings (SSSR count). The number of hydrogen-bond donors (Lipinski definition) is 0. The minimum atomic E-state index is -0.178. The first-order valence-electron chi connectivity index (χ1n) is 10.9. The molecule has 5 nitrogen and oxygen atoms in total. The van der Waals surface area contributed by atoms with E-state index in [4.69, 9.17) is 14.5 Å². The largest absolute Gasteiger partial charge is 0.490 e. The normalized spacial score (nSPS) is 14.5. The Labute approximate surface area is 202 Å². The van der Waals surface area contributed by atoms with E-state index in [9.17, 15) is 4.79 Å². The molecule has 0 atom stereocenters. The van der Waals surface area contributed by atoms with Gasteiger partial charge in [-0.2, -0.15) is 0 Å². The maximum atomic E-state index is 13.5. The van der Waals surface area contributed by atoms with E-state index >= 15 is 0 Å². The molecule has 0 saturated carbocycles. The fourth-order valence-corrected chi connectivity index (χ4v) is 3.93. The number of aliphatic imine (C=N–C) groups is 1. The summed E-state index contributed by atoms with van der Waals surface area (Å²) in [5.41, 5.74) is 3.90. The van der Waals surface area contributed by atoms with Crippen LogP contribution in [-0.2, 0) is 4.79 Å². The van der Waals surface area contributed by atoms with E-state index in [1.54, 1.807) is 11.0 Å². The van der Waals surface area contributed by atoms with Crippen LogP contribution >= 0.6 is 15.9 Å². The number of carbonyl (C=O) groups excluding carboxylic acids is 1. The monoisotopic (exact) mass is 504 g/mol. The fourth-order valence-electron chi connectivity index (χ4n) is 3.67. The van der Waals surface area contributed by atoms with Crippen LogP contribution in [0.4, 0.5) is 5.69 Å². The number of amides is 1. The third-order valence-electron chi connectivity index (χ3n) is 5.20. The summed E-state index contributed by atoms with van der Waals surface area (Å²) in [6.07, 6.45) is 1.79. The van der Waals surface area contributed by atoms with E-state index in [0.717, 1.165) is 26.9 Å². The highest BCUT2D eigenvalue weighted by atomic mass is 79.9. The summed E-state index contributed by atoms with van der Waals surface area (Å²) < 4.78 is 12.3. The summed E-state index contributed by atoms with van der Waals surface area (Å²) in [5.74, 6) is 1.76. The molecule has 168 valence electrons. The van der Waals surface area contributed by atoms with Crippen molar-refractivity contribution in [1.82, 2.24) is 0 Å². The summed E-state index contributed by atoms with van der Waals surface area (Å²) in [6.45, 7) is 6.94. The summed E-state index contributed by atoms with van der Waals surface area (Å²) in [7, 11) is 0. The topological polar surface area (TPSA) is 51.1 Å². The van der Waals surface area contributed by atoms with Gasteiger partial charge in [-0.3, -0.25) is 9.69 Å². The molecule has 33 heavy (non-hydrogen) atoms. The molecule has 1 heterocycles. The summed E-state index contributed by atoms with van der Waals surface area (Å²) in [5, 5.41) is 0. The maximum absolute atomic E-state index is 13.5. The van der Waals surface area contributed by atoms with Crippen LogP contribution in [0.3, 0.4) is 0 Å². The zero-order chi connectivity index (χ0) is 23.4. The molecular weight excluding hydrogens is 480 g/mol. The van der Waals surface area contributed by atoms with Gasteiger partial charge in [0, 0.05) is 10.0 Å². The molecule has 0 bridgehead atoms. The minimum absolute atomic E-state index is 0.178. The molecule has 0 aromatic heterocycles. The molecule has 0 aliphatic carbocycles. The van der Waals surface area contributed by atoms with Gasteiger partial charge in [0.25, 0.3) is 5.91 Å². The highest BCUT2D eigenvalue weighted by Gasteiger charge is 2.33. The first-order chi connectivity index (χ1) is 16.0. The van der Waals surface area contributed by atoms with Gasteiger partial charge in [-0.1, -0.05) is 46.3 Å². The van der Waals surface area contributed by atoms with E-state index in [2.05, 4.69) is 15.9 Å². The third-order valence-corrected chi connectivity index (χ3v) is 5.73. The highest BCUT2D eigenvalue weighted by Crippen LogP contribution is 2.32. The zero-order valence-corrected chi connectivity index (χ0v) is 20.4. The quantitative estimate of drug-likeness (QED) is 0.350. The molecule has 0 spiro atoms. The summed E-state index contributed by atoms with van der Waals surface area (Å²) in [6, 6.07) is 21.2. The van der Waals surface area contributed by atoms with Gasteiger partial charge in [0.2, 0.25) is 0 Å². The van der Waals surface area contributed by atoms with Gasteiger partial charge in [-0.05, 0) is 74.4 Å². The van der Waals surface area contributed by atoms with Crippen LogP contribution in [0, 0.1) is 6.92 Å². The lowest BCUT2D eigenvalue weighted by Gasteiger charge is -2.19. The van der Waals surface area contributed by atoms with Crippen LogP contribution in [0.15, 0.2) is 81.9 Å². The van der Waals surface area contributed by atoms with Crippen LogP contribution in [0.1, 0.15) is 30.5 Å². The molecule has 6 heteroatoms. The van der Waals surface area contributed by atoms with Crippen LogP contribution in [0.5, 0.6) is 11.5 Å². The number of hydrogen-bond acceptors (Lipinski definition) is 4. The second-order valence-electron chi connectivity index (χ2n) is 7.47. The Morgan fingerprint density at radius 2 is 1.64 bits per heavy atom. The van der Waals surface area contributed by atoms with Gasteiger partial charge in [0.1, 0.15) is 11.5 Å². The van der Waals surface area contributed by atoms with Crippen molar-refractivity contribution in [3.05, 3.63) is 93.6 Å². The van der Waals surface area contributed by atoms with Crippen molar-refractivity contribution in [1.29, 1.82) is 0 Å². The summed E-state index contributed by atoms with van der Waals surface area (Å²) >= 11 is 3.47. The van der Waals surface area contributed by atoms with Gasteiger partial charge in [-0.15, -0.1) is 0 Å². The van der Waals surface area contributed by atoms with Gasteiger partial charge < -0.3 is 9.47 Å². The molecule has 1 aliphatic rings. The number of benzene rings is 3. The Hall–Kier alpha value is -3.38. The van der Waals surface area contributed by atoms with Gasteiger partial charge in [0.15, 0.2) is 11.5 Å². The molecule has 3 aromatic carbocycles. The number of halogens is 1. The van der Waals surface area contributed by atoms with Crippen LogP contribution < -0.4 is 14.4 Å². The molecule has 0 saturated heterocycles. The molecule has 1 amide bonds. The average molecular weight is 505 g/mol. The number of ether oxygens (including phenoxy) is 2. The van der Waals surface area contributed by atoms with E-state index in [-0.39, 0.29) is 5.91 Å². The first kappa shape index (κ1) is 22.8. The first-order valence-corrected chi connectivity index (χ1v) is 11.7. The van der Waals surface area contributed by atoms with Gasteiger partial charge in [-0.25, -0.2) is 4.99 Å². The predicted octanol–water partition coefficient (Wildman–Crippen LogP) is 6.39. The average Bonchev–Trinajstić information content (AvgIpc) is 3.12. The molecule has 0 unspecified atom stereocenters. The lowest BCUT2D eigenvalue weighted by Crippen LogP contribution is -2.33. The lowest BCUT2D eigenvalue weighted by molar-refractivity contribution is -0.113. The minimum Gasteiger partial charge on any atom is -0.490 e. The van der Waals surface area contributed by atoms with Crippen LogP contribution in [-0.4, -0.2) is 25.0 Å². The van der Waals surface area contributed by atoms with Crippen molar-refractivity contribution in [3.8, 4) is 11.5 Å². The highest BCUT2D eigenvalue weighted by molar-refractivity contribution is 9.10. The number of amidine groups is 1. The van der Waals surface area contributed by atoms with Crippen molar-refractivity contribution >= 4 is 39.4 Å². The standard InChI is InChI=1S/C27H25BrN2O3/c1-4-32-24-15-10-19(17-25(24)33-5-2)16-23-27(31)30(21-13-11-20(28)12-14-21)26(29-23)22-9-7-6-8-18(22)3/h6-17H,4-5H2,1-3H3. The molecular formula is C27H25BrN2O3. The Balaban J connectivity index is 1.79. The number of anilines is 1. The van der Waals surface area contributed by atoms with Crippen LogP contribution in [0.25, 0.3) is 6.08 Å². The fraction of sp³-hybridized carbons (Fsp3) is 0.185.